The predicted octanol–water partition coefficient (Wildman–Crippen LogP) is 1.95. The molecule has 0 aliphatic carbocycles. The molecule has 1 unspecified atom stereocenters. The van der Waals surface area contributed by atoms with Gasteiger partial charge in [0.15, 0.2) is 0 Å². The summed E-state index contributed by atoms with van der Waals surface area (Å²) in [6.45, 7) is 6.02. The molecule has 2 aliphatic rings. The summed E-state index contributed by atoms with van der Waals surface area (Å²) >= 11 is 0. The highest BCUT2D eigenvalue weighted by atomic mass is 16.2. The Morgan fingerprint density at radius 1 is 1.15 bits per heavy atom. The average molecular weight is 274 g/mol. The van der Waals surface area contributed by atoms with Crippen molar-refractivity contribution in [1.29, 1.82) is 0 Å². The van der Waals surface area contributed by atoms with Crippen LogP contribution in [-0.4, -0.2) is 47.0 Å². The Morgan fingerprint density at radius 2 is 1.85 bits per heavy atom. The van der Waals surface area contributed by atoms with E-state index in [1.54, 1.807) is 12.4 Å². The first-order chi connectivity index (χ1) is 9.74. The van der Waals surface area contributed by atoms with Crippen LogP contribution in [-0.2, 0) is 0 Å². The third kappa shape index (κ3) is 2.76. The molecule has 0 saturated carbocycles. The first-order valence-corrected chi connectivity index (χ1v) is 7.60. The molecular weight excluding hydrogens is 252 g/mol. The number of piperidine rings is 1. The Kier molecular flexibility index (Phi) is 3.85. The topological polar surface area (TPSA) is 49.3 Å². The number of aromatic nitrogens is 2. The number of amides is 1. The van der Waals surface area contributed by atoms with Gasteiger partial charge in [0, 0.05) is 38.6 Å². The summed E-state index contributed by atoms with van der Waals surface area (Å²) in [6.07, 6.45) is 8.05. The van der Waals surface area contributed by atoms with Gasteiger partial charge in [-0.3, -0.25) is 4.79 Å². The maximum Gasteiger partial charge on any atom is 0.256 e. The van der Waals surface area contributed by atoms with E-state index in [1.807, 2.05) is 4.90 Å². The van der Waals surface area contributed by atoms with Gasteiger partial charge in [-0.25, -0.2) is 9.97 Å². The lowest BCUT2D eigenvalue weighted by molar-refractivity contribution is 0.0792. The van der Waals surface area contributed by atoms with Crippen molar-refractivity contribution >= 4 is 11.9 Å². The number of hydrogen-bond acceptors (Lipinski definition) is 4. The smallest absolute Gasteiger partial charge is 0.256 e. The fourth-order valence-corrected chi connectivity index (χ4v) is 3.07. The van der Waals surface area contributed by atoms with Crippen LogP contribution in [0.25, 0.3) is 0 Å². The minimum atomic E-state index is 0.0704. The molecule has 20 heavy (non-hydrogen) atoms. The molecule has 5 heteroatoms. The van der Waals surface area contributed by atoms with Crippen molar-refractivity contribution in [3.63, 3.8) is 0 Å². The van der Waals surface area contributed by atoms with Crippen LogP contribution in [0.3, 0.4) is 0 Å². The second kappa shape index (κ2) is 5.77. The molecule has 5 nitrogen and oxygen atoms in total. The molecule has 0 N–H and O–H groups in total. The normalized spacial score (nSPS) is 23.1. The van der Waals surface area contributed by atoms with E-state index < -0.39 is 0 Å². The number of hydrogen-bond donors (Lipinski definition) is 0. The summed E-state index contributed by atoms with van der Waals surface area (Å²) in [5, 5.41) is 0. The Bertz CT molecular complexity index is 467. The number of rotatable bonds is 2. The first-order valence-electron chi connectivity index (χ1n) is 7.60. The zero-order chi connectivity index (χ0) is 13.9. The maximum atomic E-state index is 12.2. The molecule has 1 aromatic heterocycles. The molecule has 108 valence electrons. The highest BCUT2D eigenvalue weighted by Crippen LogP contribution is 2.20. The van der Waals surface area contributed by atoms with Crippen LogP contribution < -0.4 is 4.90 Å². The Balaban J connectivity index is 1.69. The molecule has 0 aromatic carbocycles. The number of anilines is 1. The zero-order valence-electron chi connectivity index (χ0n) is 12.1. The lowest BCUT2D eigenvalue weighted by Crippen LogP contribution is -2.35. The molecule has 0 bridgehead atoms. The first kappa shape index (κ1) is 13.3. The van der Waals surface area contributed by atoms with Crippen molar-refractivity contribution in [3.05, 3.63) is 18.0 Å². The van der Waals surface area contributed by atoms with Crippen LogP contribution in [0.2, 0.25) is 0 Å². The summed E-state index contributed by atoms with van der Waals surface area (Å²) in [6, 6.07) is 0. The maximum absolute atomic E-state index is 12.2. The van der Waals surface area contributed by atoms with Crippen molar-refractivity contribution in [2.45, 2.75) is 32.6 Å². The van der Waals surface area contributed by atoms with E-state index in [2.05, 4.69) is 21.8 Å². The zero-order valence-corrected chi connectivity index (χ0v) is 12.1. The van der Waals surface area contributed by atoms with E-state index >= 15 is 0 Å². The van der Waals surface area contributed by atoms with Gasteiger partial charge in [0.05, 0.1) is 5.56 Å². The van der Waals surface area contributed by atoms with Crippen LogP contribution in [0, 0.1) is 5.92 Å². The highest BCUT2D eigenvalue weighted by Gasteiger charge is 2.22. The van der Waals surface area contributed by atoms with E-state index in [9.17, 15) is 4.79 Å². The van der Waals surface area contributed by atoms with E-state index in [1.165, 1.54) is 12.8 Å². The lowest BCUT2D eigenvalue weighted by Gasteiger charge is -2.30. The molecule has 1 aromatic rings. The summed E-state index contributed by atoms with van der Waals surface area (Å²) in [5.41, 5.74) is 0.612. The fraction of sp³-hybridized carbons (Fsp3) is 0.667. The molecule has 3 heterocycles. The van der Waals surface area contributed by atoms with Crippen LogP contribution >= 0.6 is 0 Å². The molecule has 1 atom stereocenters. The van der Waals surface area contributed by atoms with Gasteiger partial charge >= 0.3 is 0 Å². The van der Waals surface area contributed by atoms with Crippen molar-refractivity contribution in [3.8, 4) is 0 Å². The SMILES string of the molecule is CC1CCCN(c2ncc(C(=O)N3CCCC3)cn2)C1. The summed E-state index contributed by atoms with van der Waals surface area (Å²) in [4.78, 5) is 25.1. The minimum absolute atomic E-state index is 0.0704. The molecule has 2 saturated heterocycles. The van der Waals surface area contributed by atoms with Crippen LogP contribution in [0.1, 0.15) is 43.0 Å². The van der Waals surface area contributed by atoms with Gasteiger partial charge in [-0.05, 0) is 31.6 Å². The fourth-order valence-electron chi connectivity index (χ4n) is 3.07. The Morgan fingerprint density at radius 3 is 2.50 bits per heavy atom. The van der Waals surface area contributed by atoms with E-state index in [4.69, 9.17) is 0 Å². The number of likely N-dealkylation sites (tertiary alicyclic amines) is 1. The molecule has 2 aliphatic heterocycles. The Hall–Kier alpha value is -1.65. The van der Waals surface area contributed by atoms with E-state index in [0.29, 0.717) is 11.5 Å². The monoisotopic (exact) mass is 274 g/mol. The predicted molar refractivity (Wildman–Crippen MR) is 77.8 cm³/mol. The van der Waals surface area contributed by atoms with Crippen LogP contribution in [0.5, 0.6) is 0 Å². The molecule has 0 spiro atoms. The second-order valence-electron chi connectivity index (χ2n) is 5.96. The summed E-state index contributed by atoms with van der Waals surface area (Å²) < 4.78 is 0. The van der Waals surface area contributed by atoms with Crippen molar-refractivity contribution in [1.82, 2.24) is 14.9 Å². The van der Waals surface area contributed by atoms with Crippen LogP contribution in [0.15, 0.2) is 12.4 Å². The van der Waals surface area contributed by atoms with Gasteiger partial charge in [-0.15, -0.1) is 0 Å². The van der Waals surface area contributed by atoms with Crippen molar-refractivity contribution in [2.24, 2.45) is 5.92 Å². The number of carbonyl (C=O) groups is 1. The highest BCUT2D eigenvalue weighted by molar-refractivity contribution is 5.93. The lowest BCUT2D eigenvalue weighted by atomic mass is 10.0. The number of carbonyl (C=O) groups excluding carboxylic acids is 1. The van der Waals surface area contributed by atoms with Gasteiger partial charge in [0.1, 0.15) is 0 Å². The molecule has 2 fully saturated rings. The average Bonchev–Trinajstić information content (AvgIpc) is 3.01. The quantitative estimate of drug-likeness (QED) is 0.827. The van der Waals surface area contributed by atoms with Gasteiger partial charge in [-0.2, -0.15) is 0 Å². The largest absolute Gasteiger partial charge is 0.341 e. The molecule has 3 rings (SSSR count). The van der Waals surface area contributed by atoms with E-state index in [0.717, 1.165) is 45.0 Å². The van der Waals surface area contributed by atoms with E-state index in [-0.39, 0.29) is 5.91 Å². The standard InChI is InChI=1S/C15H22N4O/c1-12-5-4-8-19(11-12)15-16-9-13(10-17-15)14(20)18-6-2-3-7-18/h9-10,12H,2-8,11H2,1H3. The molecule has 1 amide bonds. The summed E-state index contributed by atoms with van der Waals surface area (Å²) in [7, 11) is 0. The number of nitrogens with zero attached hydrogens (tertiary/aromatic N) is 4. The minimum Gasteiger partial charge on any atom is -0.341 e. The van der Waals surface area contributed by atoms with Gasteiger partial charge in [0.2, 0.25) is 5.95 Å². The molecule has 0 radical (unpaired) electrons. The van der Waals surface area contributed by atoms with Crippen molar-refractivity contribution < 1.29 is 4.79 Å². The second-order valence-corrected chi connectivity index (χ2v) is 5.96. The third-order valence-electron chi connectivity index (χ3n) is 4.22. The summed E-state index contributed by atoms with van der Waals surface area (Å²) in [5.74, 6) is 1.52. The Labute approximate surface area is 120 Å². The van der Waals surface area contributed by atoms with Gasteiger partial charge in [0.25, 0.3) is 5.91 Å². The molecular formula is C15H22N4O. The van der Waals surface area contributed by atoms with Gasteiger partial charge < -0.3 is 9.80 Å². The van der Waals surface area contributed by atoms with Crippen LogP contribution in [0.4, 0.5) is 5.95 Å². The van der Waals surface area contributed by atoms with Gasteiger partial charge in [-0.1, -0.05) is 6.92 Å². The third-order valence-corrected chi connectivity index (χ3v) is 4.22. The van der Waals surface area contributed by atoms with Crippen molar-refractivity contribution in [2.75, 3.05) is 31.1 Å².